The molecule has 0 radical (unpaired) electrons. The molecule has 0 saturated heterocycles. The molecule has 0 fully saturated rings. The van der Waals surface area contributed by atoms with Gasteiger partial charge in [0.1, 0.15) is 5.75 Å². The van der Waals surface area contributed by atoms with Gasteiger partial charge in [0.15, 0.2) is 6.61 Å². The maximum atomic E-state index is 12.8. The third-order valence-electron chi connectivity index (χ3n) is 2.05. The molecule has 0 aliphatic heterocycles. The first-order valence-electron chi connectivity index (χ1n) is 5.26. The highest BCUT2D eigenvalue weighted by molar-refractivity contribution is 6.34. The van der Waals surface area contributed by atoms with Crippen molar-refractivity contribution in [2.45, 2.75) is 5.92 Å². The lowest BCUT2D eigenvalue weighted by Crippen LogP contribution is -2.43. The molecule has 3 N–H and O–H groups in total. The Labute approximate surface area is 118 Å². The molecule has 4 nitrogen and oxygen atoms in total. The molecule has 0 saturated carbocycles. The smallest absolute Gasteiger partial charge is 0.277 e. The number of carbonyl (C=O) groups excluding carboxylic acids is 1. The lowest BCUT2D eigenvalue weighted by atomic mass is 10.3. The SMILES string of the molecule is NCC(F)(F)CNC(=O)COc1cc(Cl)cc(Cl)c1. The van der Waals surface area contributed by atoms with Gasteiger partial charge in [-0.3, -0.25) is 4.79 Å². The zero-order valence-electron chi connectivity index (χ0n) is 9.76. The van der Waals surface area contributed by atoms with Crippen molar-refractivity contribution in [1.29, 1.82) is 0 Å². The maximum Gasteiger partial charge on any atom is 0.277 e. The van der Waals surface area contributed by atoms with Crippen molar-refractivity contribution in [2.24, 2.45) is 5.73 Å². The van der Waals surface area contributed by atoms with Crippen LogP contribution >= 0.6 is 23.2 Å². The quantitative estimate of drug-likeness (QED) is 0.845. The third-order valence-corrected chi connectivity index (χ3v) is 2.49. The van der Waals surface area contributed by atoms with E-state index in [-0.39, 0.29) is 5.75 Å². The number of carbonyl (C=O) groups is 1. The van der Waals surface area contributed by atoms with Gasteiger partial charge in [-0.25, -0.2) is 8.78 Å². The summed E-state index contributed by atoms with van der Waals surface area (Å²) in [6, 6.07) is 4.41. The summed E-state index contributed by atoms with van der Waals surface area (Å²) < 4.78 is 30.6. The summed E-state index contributed by atoms with van der Waals surface area (Å²) >= 11 is 11.5. The Hall–Kier alpha value is -1.11. The lowest BCUT2D eigenvalue weighted by Gasteiger charge is -2.14. The van der Waals surface area contributed by atoms with Gasteiger partial charge in [0.25, 0.3) is 11.8 Å². The normalized spacial score (nSPS) is 11.2. The Morgan fingerprint density at radius 2 is 1.89 bits per heavy atom. The number of benzene rings is 1. The minimum atomic E-state index is -3.13. The number of rotatable bonds is 6. The van der Waals surface area contributed by atoms with Crippen LogP contribution in [0.25, 0.3) is 0 Å². The molecule has 1 rings (SSSR count). The molecule has 1 aromatic rings. The van der Waals surface area contributed by atoms with E-state index in [1.54, 1.807) is 0 Å². The Kier molecular flexibility index (Phi) is 5.78. The zero-order chi connectivity index (χ0) is 14.5. The van der Waals surface area contributed by atoms with E-state index in [9.17, 15) is 13.6 Å². The lowest BCUT2D eigenvalue weighted by molar-refractivity contribution is -0.124. The summed E-state index contributed by atoms with van der Waals surface area (Å²) in [6.45, 7) is -2.09. The topological polar surface area (TPSA) is 64.3 Å². The molecule has 0 heterocycles. The predicted molar refractivity (Wildman–Crippen MR) is 69.0 cm³/mol. The van der Waals surface area contributed by atoms with Gasteiger partial charge >= 0.3 is 0 Å². The Morgan fingerprint density at radius 3 is 2.42 bits per heavy atom. The fourth-order valence-corrected chi connectivity index (χ4v) is 1.62. The van der Waals surface area contributed by atoms with Gasteiger partial charge in [-0.1, -0.05) is 23.2 Å². The first kappa shape index (κ1) is 15.9. The fraction of sp³-hybridized carbons (Fsp3) is 0.364. The van der Waals surface area contributed by atoms with Crippen LogP contribution in [-0.2, 0) is 4.79 Å². The number of nitrogens with two attached hydrogens (primary N) is 1. The number of amides is 1. The summed E-state index contributed by atoms with van der Waals surface area (Å²) in [5.74, 6) is -3.54. The van der Waals surface area contributed by atoms with Crippen molar-refractivity contribution in [3.8, 4) is 5.75 Å². The van der Waals surface area contributed by atoms with Crippen molar-refractivity contribution in [3.05, 3.63) is 28.2 Å². The first-order chi connectivity index (χ1) is 8.82. The van der Waals surface area contributed by atoms with Crippen LogP contribution in [0.2, 0.25) is 10.0 Å². The average Bonchev–Trinajstić information content (AvgIpc) is 2.33. The number of hydrogen-bond donors (Lipinski definition) is 2. The Bertz CT molecular complexity index is 438. The molecule has 1 amide bonds. The van der Waals surface area contributed by atoms with E-state index in [2.05, 4.69) is 0 Å². The second-order valence-electron chi connectivity index (χ2n) is 3.73. The number of hydrogen-bond acceptors (Lipinski definition) is 3. The molecule has 19 heavy (non-hydrogen) atoms. The number of ether oxygens (including phenoxy) is 1. The van der Waals surface area contributed by atoms with Gasteiger partial charge in [-0.05, 0) is 18.2 Å². The van der Waals surface area contributed by atoms with Gasteiger partial charge in [0, 0.05) is 10.0 Å². The second kappa shape index (κ2) is 6.88. The monoisotopic (exact) mass is 312 g/mol. The number of halogens is 4. The van der Waals surface area contributed by atoms with E-state index >= 15 is 0 Å². The molecule has 0 atom stereocenters. The van der Waals surface area contributed by atoms with Crippen molar-refractivity contribution < 1.29 is 18.3 Å². The van der Waals surface area contributed by atoms with Gasteiger partial charge in [0.05, 0.1) is 13.1 Å². The van der Waals surface area contributed by atoms with Crippen LogP contribution in [0, 0.1) is 0 Å². The molecule has 0 spiro atoms. The van der Waals surface area contributed by atoms with Crippen LogP contribution in [0.3, 0.4) is 0 Å². The third kappa shape index (κ3) is 6.04. The molecule has 0 unspecified atom stereocenters. The van der Waals surface area contributed by atoms with Gasteiger partial charge in [-0.15, -0.1) is 0 Å². The minimum Gasteiger partial charge on any atom is -0.484 e. The summed E-state index contributed by atoms with van der Waals surface area (Å²) in [5.41, 5.74) is 4.83. The molecule has 1 aromatic carbocycles. The van der Waals surface area contributed by atoms with Crippen LogP contribution in [-0.4, -0.2) is 31.5 Å². The standard InChI is InChI=1S/C11H12Cl2F2N2O2/c12-7-1-8(13)3-9(2-7)19-4-10(18)17-6-11(14,15)5-16/h1-3H,4-6,16H2,(H,17,18). The van der Waals surface area contributed by atoms with Crippen molar-refractivity contribution >= 4 is 29.1 Å². The minimum absolute atomic E-state index is 0.276. The largest absolute Gasteiger partial charge is 0.484 e. The number of alkyl halides is 2. The first-order valence-corrected chi connectivity index (χ1v) is 6.01. The summed E-state index contributed by atoms with van der Waals surface area (Å²) in [4.78, 5) is 11.3. The van der Waals surface area contributed by atoms with E-state index in [1.807, 2.05) is 5.32 Å². The molecule has 8 heteroatoms. The molecule has 0 aromatic heterocycles. The summed E-state index contributed by atoms with van der Waals surface area (Å²) in [6.07, 6.45) is 0. The maximum absolute atomic E-state index is 12.8. The van der Waals surface area contributed by atoms with Crippen molar-refractivity contribution in [3.63, 3.8) is 0 Å². The van der Waals surface area contributed by atoms with Crippen LogP contribution in [0.5, 0.6) is 5.75 Å². The predicted octanol–water partition coefficient (Wildman–Crippen LogP) is 2.08. The highest BCUT2D eigenvalue weighted by Crippen LogP contribution is 2.24. The van der Waals surface area contributed by atoms with Crippen molar-refractivity contribution in [1.82, 2.24) is 5.32 Å². The molecular formula is C11H12Cl2F2N2O2. The summed E-state index contributed by atoms with van der Waals surface area (Å²) in [5, 5.41) is 2.70. The molecule has 0 aliphatic rings. The summed E-state index contributed by atoms with van der Waals surface area (Å²) in [7, 11) is 0. The second-order valence-corrected chi connectivity index (χ2v) is 4.60. The van der Waals surface area contributed by atoms with Gasteiger partial charge < -0.3 is 15.8 Å². The molecular weight excluding hydrogens is 301 g/mol. The number of nitrogens with one attached hydrogen (secondary N) is 1. The van der Waals surface area contributed by atoms with Gasteiger partial charge in [-0.2, -0.15) is 0 Å². The highest BCUT2D eigenvalue weighted by atomic mass is 35.5. The van der Waals surface area contributed by atoms with Crippen LogP contribution in [0.15, 0.2) is 18.2 Å². The van der Waals surface area contributed by atoms with E-state index < -0.39 is 31.5 Å². The van der Waals surface area contributed by atoms with E-state index in [0.29, 0.717) is 10.0 Å². The van der Waals surface area contributed by atoms with E-state index in [0.717, 1.165) is 0 Å². The van der Waals surface area contributed by atoms with Crippen LogP contribution < -0.4 is 15.8 Å². The Morgan fingerprint density at radius 1 is 1.32 bits per heavy atom. The van der Waals surface area contributed by atoms with Crippen LogP contribution in [0.4, 0.5) is 8.78 Å². The fourth-order valence-electron chi connectivity index (χ4n) is 1.11. The Balaban J connectivity index is 2.42. The van der Waals surface area contributed by atoms with Gasteiger partial charge in [0.2, 0.25) is 0 Å². The molecule has 0 aliphatic carbocycles. The van der Waals surface area contributed by atoms with Crippen LogP contribution in [0.1, 0.15) is 0 Å². The zero-order valence-corrected chi connectivity index (χ0v) is 11.3. The van der Waals surface area contributed by atoms with E-state index in [4.69, 9.17) is 33.7 Å². The van der Waals surface area contributed by atoms with E-state index in [1.165, 1.54) is 18.2 Å². The molecule has 106 valence electrons. The van der Waals surface area contributed by atoms with Crippen molar-refractivity contribution in [2.75, 3.05) is 19.7 Å². The average molecular weight is 313 g/mol. The highest BCUT2D eigenvalue weighted by Gasteiger charge is 2.27. The molecule has 0 bridgehead atoms.